The Morgan fingerprint density at radius 1 is 1.32 bits per heavy atom. The van der Waals surface area contributed by atoms with Crippen LogP contribution < -0.4 is 0 Å². The molecule has 1 aromatic carbocycles. The molecule has 1 saturated heterocycles. The Kier molecular flexibility index (Phi) is 4.60. The molecule has 1 aliphatic heterocycles. The fourth-order valence-corrected chi connectivity index (χ4v) is 3.87. The predicted molar refractivity (Wildman–Crippen MR) is 83.9 cm³/mol. The van der Waals surface area contributed by atoms with Crippen molar-refractivity contribution < 1.29 is 17.9 Å². The lowest BCUT2D eigenvalue weighted by atomic mass is 9.98. The van der Waals surface area contributed by atoms with Crippen molar-refractivity contribution >= 4 is 16.1 Å². The van der Waals surface area contributed by atoms with E-state index < -0.39 is 22.2 Å². The molecule has 0 aliphatic carbocycles. The molecule has 0 spiro atoms. The molecule has 0 saturated carbocycles. The highest BCUT2D eigenvalue weighted by Gasteiger charge is 2.42. The van der Waals surface area contributed by atoms with Crippen LogP contribution in [0.3, 0.4) is 0 Å². The van der Waals surface area contributed by atoms with Crippen LogP contribution in [0.15, 0.2) is 41.8 Å². The highest BCUT2D eigenvalue weighted by Crippen LogP contribution is 2.29. The van der Waals surface area contributed by atoms with E-state index >= 15 is 0 Å². The van der Waals surface area contributed by atoms with Gasteiger partial charge in [-0.25, -0.2) is 13.2 Å². The third kappa shape index (κ3) is 3.02. The van der Waals surface area contributed by atoms with Gasteiger partial charge in [-0.05, 0) is 25.0 Å². The van der Waals surface area contributed by atoms with Crippen LogP contribution in [0, 0.1) is 12.8 Å². The van der Waals surface area contributed by atoms with Crippen molar-refractivity contribution in [2.45, 2.75) is 44.2 Å². The first kappa shape index (κ1) is 16.5. The van der Waals surface area contributed by atoms with Crippen LogP contribution in [-0.4, -0.2) is 31.0 Å². The lowest BCUT2D eigenvalue weighted by Crippen LogP contribution is -2.51. The number of sulfonamides is 1. The Morgan fingerprint density at radius 2 is 1.91 bits per heavy atom. The second kappa shape index (κ2) is 6.12. The molecule has 1 heterocycles. The Hall–Kier alpha value is -1.82. The SMILES string of the molecule is C=C[C@H]1C[C@@H](C(C)C)OC(=O)N1S(=O)(=O)c1ccc(C)cc1. The van der Waals surface area contributed by atoms with E-state index in [1.165, 1.54) is 18.2 Å². The van der Waals surface area contributed by atoms with Crippen LogP contribution in [0.25, 0.3) is 0 Å². The number of carbonyl (C=O) groups is 1. The molecule has 1 amide bonds. The fraction of sp³-hybridized carbons (Fsp3) is 0.438. The number of amides is 1. The van der Waals surface area contributed by atoms with Crippen LogP contribution in [0.4, 0.5) is 4.79 Å². The zero-order valence-electron chi connectivity index (χ0n) is 13.0. The van der Waals surface area contributed by atoms with Crippen molar-refractivity contribution in [1.29, 1.82) is 0 Å². The molecule has 1 fully saturated rings. The highest BCUT2D eigenvalue weighted by atomic mass is 32.2. The second-order valence-corrected chi connectivity index (χ2v) is 7.63. The molecule has 2 rings (SSSR count). The summed E-state index contributed by atoms with van der Waals surface area (Å²) >= 11 is 0. The number of hydrogen-bond donors (Lipinski definition) is 0. The largest absolute Gasteiger partial charge is 0.445 e. The summed E-state index contributed by atoms with van der Waals surface area (Å²) in [5, 5.41) is 0. The smallest absolute Gasteiger partial charge is 0.424 e. The van der Waals surface area contributed by atoms with Crippen LogP contribution in [-0.2, 0) is 14.8 Å². The van der Waals surface area contributed by atoms with E-state index in [0.29, 0.717) is 6.42 Å². The van der Waals surface area contributed by atoms with Gasteiger partial charge in [-0.3, -0.25) is 0 Å². The monoisotopic (exact) mass is 323 g/mol. The van der Waals surface area contributed by atoms with Gasteiger partial charge in [0, 0.05) is 6.42 Å². The van der Waals surface area contributed by atoms with Crippen molar-refractivity contribution in [2.24, 2.45) is 5.92 Å². The van der Waals surface area contributed by atoms with Gasteiger partial charge in [-0.15, -0.1) is 6.58 Å². The number of ether oxygens (including phenoxy) is 1. The maximum atomic E-state index is 12.7. The first-order valence-corrected chi connectivity index (χ1v) is 8.65. The van der Waals surface area contributed by atoms with Gasteiger partial charge in [-0.2, -0.15) is 4.31 Å². The average Bonchev–Trinajstić information content (AvgIpc) is 2.46. The summed E-state index contributed by atoms with van der Waals surface area (Å²) in [6, 6.07) is 5.78. The molecule has 0 aromatic heterocycles. The molecule has 0 N–H and O–H groups in total. The summed E-state index contributed by atoms with van der Waals surface area (Å²) in [5.41, 5.74) is 0.945. The third-order valence-electron chi connectivity index (χ3n) is 3.80. The van der Waals surface area contributed by atoms with Crippen molar-refractivity contribution in [3.63, 3.8) is 0 Å². The Balaban J connectivity index is 2.39. The quantitative estimate of drug-likeness (QED) is 0.799. The predicted octanol–water partition coefficient (Wildman–Crippen LogP) is 3.11. The first-order chi connectivity index (χ1) is 10.3. The number of benzene rings is 1. The molecule has 5 nitrogen and oxygen atoms in total. The van der Waals surface area contributed by atoms with E-state index in [4.69, 9.17) is 4.74 Å². The van der Waals surface area contributed by atoms with Crippen LogP contribution >= 0.6 is 0 Å². The molecular weight excluding hydrogens is 302 g/mol. The van der Waals surface area contributed by atoms with Crippen molar-refractivity contribution in [2.75, 3.05) is 0 Å². The van der Waals surface area contributed by atoms with E-state index in [0.717, 1.165) is 9.87 Å². The molecular formula is C16H21NO4S. The van der Waals surface area contributed by atoms with Crippen LogP contribution in [0.1, 0.15) is 25.8 Å². The molecule has 1 aliphatic rings. The summed E-state index contributed by atoms with van der Waals surface area (Å²) < 4.78 is 31.5. The first-order valence-electron chi connectivity index (χ1n) is 7.21. The van der Waals surface area contributed by atoms with E-state index in [9.17, 15) is 13.2 Å². The Morgan fingerprint density at radius 3 is 2.41 bits per heavy atom. The molecule has 0 unspecified atom stereocenters. The topological polar surface area (TPSA) is 63.7 Å². The summed E-state index contributed by atoms with van der Waals surface area (Å²) in [6.45, 7) is 9.40. The van der Waals surface area contributed by atoms with Gasteiger partial charge in [0.2, 0.25) is 0 Å². The third-order valence-corrected chi connectivity index (χ3v) is 5.61. The maximum absolute atomic E-state index is 12.7. The van der Waals surface area contributed by atoms with Crippen molar-refractivity contribution in [3.8, 4) is 0 Å². The summed E-state index contributed by atoms with van der Waals surface area (Å²) in [5.74, 6) is 0.121. The standard InChI is InChI=1S/C16H21NO4S/c1-5-13-10-15(11(2)3)21-16(18)17(13)22(19,20)14-8-6-12(4)7-9-14/h5-9,11,13,15H,1,10H2,2-4H3/t13-,15-/m0/s1. The van der Waals surface area contributed by atoms with E-state index in [1.807, 2.05) is 20.8 Å². The lowest BCUT2D eigenvalue weighted by Gasteiger charge is -2.37. The van der Waals surface area contributed by atoms with Gasteiger partial charge < -0.3 is 4.74 Å². The molecule has 22 heavy (non-hydrogen) atoms. The summed E-state index contributed by atoms with van der Waals surface area (Å²) in [7, 11) is -3.95. The zero-order chi connectivity index (χ0) is 16.5. The van der Waals surface area contributed by atoms with Gasteiger partial charge in [-0.1, -0.05) is 37.6 Å². The molecule has 0 bridgehead atoms. The highest BCUT2D eigenvalue weighted by molar-refractivity contribution is 7.89. The Labute approximate surface area is 131 Å². The van der Waals surface area contributed by atoms with Gasteiger partial charge in [0.25, 0.3) is 10.0 Å². The van der Waals surface area contributed by atoms with Gasteiger partial charge in [0.15, 0.2) is 0 Å². The minimum atomic E-state index is -3.95. The summed E-state index contributed by atoms with van der Waals surface area (Å²) in [4.78, 5) is 12.3. The number of cyclic esters (lactones) is 1. The van der Waals surface area contributed by atoms with E-state index in [2.05, 4.69) is 6.58 Å². The van der Waals surface area contributed by atoms with Crippen molar-refractivity contribution in [3.05, 3.63) is 42.5 Å². The fourth-order valence-electron chi connectivity index (χ4n) is 2.40. The molecule has 120 valence electrons. The maximum Gasteiger partial charge on any atom is 0.424 e. The van der Waals surface area contributed by atoms with Gasteiger partial charge in [0.05, 0.1) is 10.9 Å². The van der Waals surface area contributed by atoms with Gasteiger partial charge in [0.1, 0.15) is 6.10 Å². The number of aryl methyl sites for hydroxylation is 1. The number of rotatable bonds is 4. The minimum absolute atomic E-state index is 0.0740. The molecule has 2 atom stereocenters. The normalized spacial score (nSPS) is 22.5. The Bertz CT molecular complexity index is 664. The molecule has 0 radical (unpaired) electrons. The molecule has 1 aromatic rings. The second-order valence-electron chi connectivity index (χ2n) is 5.82. The lowest BCUT2D eigenvalue weighted by molar-refractivity contribution is 0.0137. The van der Waals surface area contributed by atoms with Crippen LogP contribution in [0.5, 0.6) is 0 Å². The van der Waals surface area contributed by atoms with Crippen LogP contribution in [0.2, 0.25) is 0 Å². The van der Waals surface area contributed by atoms with E-state index in [-0.39, 0.29) is 16.9 Å². The van der Waals surface area contributed by atoms with Crippen molar-refractivity contribution in [1.82, 2.24) is 4.31 Å². The number of carbonyl (C=O) groups excluding carboxylic acids is 1. The number of hydrogen-bond acceptors (Lipinski definition) is 4. The van der Waals surface area contributed by atoms with Gasteiger partial charge >= 0.3 is 6.09 Å². The minimum Gasteiger partial charge on any atom is -0.445 e. The summed E-state index contributed by atoms with van der Waals surface area (Å²) in [6.07, 6.45) is 0.759. The number of nitrogens with zero attached hydrogens (tertiary/aromatic N) is 1. The average molecular weight is 323 g/mol. The van der Waals surface area contributed by atoms with E-state index in [1.54, 1.807) is 12.1 Å². The molecule has 6 heteroatoms. The zero-order valence-corrected chi connectivity index (χ0v) is 13.8.